The number of anilines is 1. The molecule has 3 aromatic carbocycles. The minimum atomic E-state index is -0.0215. The van der Waals surface area contributed by atoms with E-state index in [1.54, 1.807) is 24.3 Å². The standard InChI is InChI=1S/C16H12N2O4S.C9H16N4.2C2H6/c19-16-13-9-5-4-6-11(13)10-14(23-22-21-20)15(16)18-17-12-7-2-1-3-8-12;1-6(2)8-10-7(3)11-9(12-8)13(4)5;2*1-2/h1-10,19-20H;6H,1-5H3;2*1-2H3. The van der Waals surface area contributed by atoms with Crippen molar-refractivity contribution >= 4 is 40.1 Å². The number of hydrogen-bond acceptors (Lipinski definition) is 11. The summed E-state index contributed by atoms with van der Waals surface area (Å²) >= 11 is 0.725. The first-order valence-corrected chi connectivity index (χ1v) is 13.8. The van der Waals surface area contributed by atoms with E-state index in [0.717, 1.165) is 35.0 Å². The third-order valence-electron chi connectivity index (χ3n) is 4.81. The molecule has 0 saturated carbocycles. The first-order chi connectivity index (χ1) is 19.3. The van der Waals surface area contributed by atoms with Crippen molar-refractivity contribution in [1.82, 2.24) is 15.0 Å². The van der Waals surface area contributed by atoms with Crippen LogP contribution in [0.3, 0.4) is 0 Å². The molecule has 40 heavy (non-hydrogen) atoms. The topological polar surface area (TPSA) is 126 Å². The van der Waals surface area contributed by atoms with E-state index in [-0.39, 0.29) is 11.4 Å². The summed E-state index contributed by atoms with van der Waals surface area (Å²) in [5, 5.41) is 32.1. The van der Waals surface area contributed by atoms with Crippen LogP contribution in [0.25, 0.3) is 10.8 Å². The minimum Gasteiger partial charge on any atom is -0.505 e. The number of aromatic nitrogens is 3. The lowest BCUT2D eigenvalue weighted by molar-refractivity contribution is -0.432. The second-order valence-corrected chi connectivity index (χ2v) is 8.89. The number of hydrogen-bond donors (Lipinski definition) is 2. The molecule has 0 amide bonds. The van der Waals surface area contributed by atoms with Crippen molar-refractivity contribution in [3.63, 3.8) is 0 Å². The summed E-state index contributed by atoms with van der Waals surface area (Å²) in [6.07, 6.45) is 0. The number of aromatic hydroxyl groups is 1. The molecule has 11 heteroatoms. The lowest BCUT2D eigenvalue weighted by Crippen LogP contribution is -2.16. The molecule has 4 rings (SSSR count). The van der Waals surface area contributed by atoms with Crippen LogP contribution in [-0.4, -0.2) is 39.4 Å². The lowest BCUT2D eigenvalue weighted by Gasteiger charge is -2.12. The summed E-state index contributed by atoms with van der Waals surface area (Å²) in [5.41, 5.74) is 0.880. The van der Waals surface area contributed by atoms with Gasteiger partial charge in [0.2, 0.25) is 5.95 Å². The number of phenolic OH excluding ortho intramolecular Hbond substituents is 1. The van der Waals surface area contributed by atoms with E-state index in [4.69, 9.17) is 5.26 Å². The molecule has 0 radical (unpaired) electrons. The molecule has 0 aliphatic carbocycles. The van der Waals surface area contributed by atoms with Crippen molar-refractivity contribution in [2.24, 2.45) is 10.2 Å². The fraction of sp³-hybridized carbons (Fsp3) is 0.345. The highest BCUT2D eigenvalue weighted by Crippen LogP contribution is 2.43. The highest BCUT2D eigenvalue weighted by atomic mass is 32.2. The minimum absolute atomic E-state index is 0.0215. The highest BCUT2D eigenvalue weighted by Gasteiger charge is 2.14. The van der Waals surface area contributed by atoms with Crippen LogP contribution in [-0.2, 0) is 9.37 Å². The maximum atomic E-state index is 10.5. The largest absolute Gasteiger partial charge is 0.505 e. The lowest BCUT2D eigenvalue weighted by atomic mass is 10.1. The Bertz CT molecular complexity index is 1290. The van der Waals surface area contributed by atoms with E-state index in [1.807, 2.05) is 90.0 Å². The van der Waals surface area contributed by atoms with Gasteiger partial charge in [0.05, 0.1) is 22.6 Å². The van der Waals surface area contributed by atoms with Crippen LogP contribution in [0.5, 0.6) is 5.75 Å². The zero-order chi connectivity index (χ0) is 30.1. The summed E-state index contributed by atoms with van der Waals surface area (Å²) in [6, 6.07) is 18.2. The molecule has 0 spiro atoms. The van der Waals surface area contributed by atoms with Gasteiger partial charge in [-0.3, -0.25) is 0 Å². The number of phenols is 1. The molecular formula is C29H40N6O4S. The number of rotatable bonds is 7. The van der Waals surface area contributed by atoms with Crippen LogP contribution in [0.1, 0.15) is 59.1 Å². The second kappa shape index (κ2) is 18.6. The maximum absolute atomic E-state index is 10.5. The Labute approximate surface area is 241 Å². The fourth-order valence-electron chi connectivity index (χ4n) is 3.05. The Morgan fingerprint density at radius 1 is 0.875 bits per heavy atom. The average molecular weight is 569 g/mol. The summed E-state index contributed by atoms with van der Waals surface area (Å²) in [5.74, 6) is 2.70. The van der Waals surface area contributed by atoms with Crippen LogP contribution in [0.4, 0.5) is 17.3 Å². The van der Waals surface area contributed by atoms with E-state index in [0.29, 0.717) is 21.9 Å². The first-order valence-electron chi connectivity index (χ1n) is 13.1. The molecule has 0 bridgehead atoms. The third-order valence-corrected chi connectivity index (χ3v) is 5.42. The van der Waals surface area contributed by atoms with Crippen molar-refractivity contribution in [2.75, 3.05) is 19.0 Å². The summed E-state index contributed by atoms with van der Waals surface area (Å²) in [6.45, 7) is 14.0. The smallest absolute Gasteiger partial charge is 0.228 e. The predicted octanol–water partition coefficient (Wildman–Crippen LogP) is 8.81. The van der Waals surface area contributed by atoms with E-state index < -0.39 is 0 Å². The van der Waals surface area contributed by atoms with Gasteiger partial charge in [0.15, 0.2) is 5.75 Å². The Morgan fingerprint density at radius 3 is 2.10 bits per heavy atom. The second-order valence-electron chi connectivity index (χ2n) is 8.14. The Balaban J connectivity index is 0.000000401. The number of nitrogens with zero attached hydrogens (tertiary/aromatic N) is 6. The van der Waals surface area contributed by atoms with Crippen molar-refractivity contribution in [3.05, 3.63) is 72.3 Å². The van der Waals surface area contributed by atoms with Gasteiger partial charge < -0.3 is 10.0 Å². The Morgan fingerprint density at radius 2 is 1.50 bits per heavy atom. The van der Waals surface area contributed by atoms with Gasteiger partial charge in [-0.2, -0.15) is 15.1 Å². The molecule has 0 aliphatic heterocycles. The quantitative estimate of drug-likeness (QED) is 0.0973. The number of fused-ring (bicyclic) bond motifs is 1. The van der Waals surface area contributed by atoms with Crippen LogP contribution < -0.4 is 4.90 Å². The Hall–Kier alpha value is -3.64. The van der Waals surface area contributed by atoms with Gasteiger partial charge in [0.25, 0.3) is 0 Å². The monoisotopic (exact) mass is 568 g/mol. The molecule has 0 aliphatic rings. The summed E-state index contributed by atoms with van der Waals surface area (Å²) in [4.78, 5) is 15.2. The SMILES string of the molecule is CC.CC.Cc1nc(C(C)C)nc(N(C)C)n1.OOOSc1cc2ccccc2c(O)c1N=Nc1ccccc1. The highest BCUT2D eigenvalue weighted by molar-refractivity contribution is 7.94. The third kappa shape index (κ3) is 10.5. The molecule has 1 heterocycles. The zero-order valence-electron chi connectivity index (χ0n) is 24.7. The van der Waals surface area contributed by atoms with Crippen LogP contribution in [0, 0.1) is 6.92 Å². The van der Waals surface area contributed by atoms with E-state index in [2.05, 4.69) is 48.4 Å². The van der Waals surface area contributed by atoms with Crippen LogP contribution in [0.2, 0.25) is 0 Å². The van der Waals surface area contributed by atoms with Gasteiger partial charge in [0.1, 0.15) is 17.3 Å². The van der Waals surface area contributed by atoms with Crippen LogP contribution >= 0.6 is 12.0 Å². The molecular weight excluding hydrogens is 528 g/mol. The summed E-state index contributed by atoms with van der Waals surface area (Å²) in [7, 11) is 3.86. The van der Waals surface area contributed by atoms with Gasteiger partial charge in [-0.05, 0) is 30.5 Å². The van der Waals surface area contributed by atoms with Crippen molar-refractivity contribution in [3.8, 4) is 5.75 Å². The molecule has 216 valence electrons. The fourth-order valence-corrected chi connectivity index (χ4v) is 3.55. The van der Waals surface area contributed by atoms with E-state index in [1.165, 1.54) is 0 Å². The summed E-state index contributed by atoms with van der Waals surface area (Å²) < 4.78 is 4.48. The van der Waals surface area contributed by atoms with Gasteiger partial charge >= 0.3 is 0 Å². The normalized spacial score (nSPS) is 10.3. The predicted molar refractivity (Wildman–Crippen MR) is 163 cm³/mol. The number of aryl methyl sites for hydroxylation is 1. The molecule has 10 nitrogen and oxygen atoms in total. The van der Waals surface area contributed by atoms with Gasteiger partial charge in [-0.1, -0.05) is 89.0 Å². The zero-order valence-corrected chi connectivity index (χ0v) is 25.5. The van der Waals surface area contributed by atoms with Crippen molar-refractivity contribution in [1.29, 1.82) is 0 Å². The molecule has 0 atom stereocenters. The van der Waals surface area contributed by atoms with Crippen LogP contribution in [0.15, 0.2) is 75.8 Å². The number of benzene rings is 3. The van der Waals surface area contributed by atoms with Gasteiger partial charge in [-0.15, -0.1) is 9.45 Å². The average Bonchev–Trinajstić information content (AvgIpc) is 2.98. The van der Waals surface area contributed by atoms with E-state index in [9.17, 15) is 5.11 Å². The molecule has 0 unspecified atom stereocenters. The maximum Gasteiger partial charge on any atom is 0.228 e. The van der Waals surface area contributed by atoms with Crippen molar-refractivity contribution in [2.45, 2.75) is 59.3 Å². The van der Waals surface area contributed by atoms with Gasteiger partial charge in [0, 0.05) is 25.4 Å². The number of azo groups is 1. The van der Waals surface area contributed by atoms with E-state index >= 15 is 0 Å². The molecule has 4 aromatic rings. The Kier molecular flexibility index (Phi) is 16.0. The molecule has 0 fully saturated rings. The first kappa shape index (κ1) is 34.4. The molecule has 0 saturated heterocycles. The molecule has 2 N–H and O–H groups in total. The molecule has 1 aromatic heterocycles. The van der Waals surface area contributed by atoms with Crippen molar-refractivity contribution < 1.29 is 19.7 Å². The van der Waals surface area contributed by atoms with Gasteiger partial charge in [-0.25, -0.2) is 10.2 Å².